The normalized spacial score (nSPS) is 10.3. The van der Waals surface area contributed by atoms with Gasteiger partial charge < -0.3 is 10.4 Å². The van der Waals surface area contributed by atoms with Crippen LogP contribution in [0, 0.1) is 5.82 Å². The van der Waals surface area contributed by atoms with Crippen LogP contribution in [0.3, 0.4) is 0 Å². The lowest BCUT2D eigenvalue weighted by Crippen LogP contribution is -2.23. The van der Waals surface area contributed by atoms with E-state index in [1.54, 1.807) is 0 Å². The summed E-state index contributed by atoms with van der Waals surface area (Å²) in [5, 5.41) is 11.7. The summed E-state index contributed by atoms with van der Waals surface area (Å²) in [5.74, 6) is -1.05. The molecule has 2 rings (SSSR count). The second-order valence-corrected chi connectivity index (χ2v) is 4.56. The monoisotopic (exact) mass is 293 g/mol. The number of carbonyl (C=O) groups is 1. The number of nitrogens with one attached hydrogen (secondary N) is 1. The van der Waals surface area contributed by atoms with Gasteiger partial charge in [0.15, 0.2) is 0 Å². The quantitative estimate of drug-likeness (QED) is 0.851. The number of hydrogen-bond donors (Lipinski definition) is 2. The van der Waals surface area contributed by atoms with Crippen LogP contribution in [0.2, 0.25) is 0 Å². The van der Waals surface area contributed by atoms with Crippen LogP contribution in [-0.4, -0.2) is 11.0 Å². The molecular weight excluding hydrogens is 281 g/mol. The smallest absolute Gasteiger partial charge is 0.254 e. The molecule has 0 spiro atoms. The number of carbonyl (C=O) groups excluding carboxylic acids is 1. The number of phenols is 1. The van der Waals surface area contributed by atoms with Crippen LogP contribution in [0.1, 0.15) is 21.5 Å². The zero-order chi connectivity index (χ0) is 14.5. The maximum absolute atomic E-state index is 13.5. The Labute approximate surface area is 121 Å². The molecule has 0 heterocycles. The van der Waals surface area contributed by atoms with Crippen molar-refractivity contribution < 1.29 is 14.3 Å². The van der Waals surface area contributed by atoms with Crippen molar-refractivity contribution in [3.63, 3.8) is 0 Å². The van der Waals surface area contributed by atoms with E-state index in [1.807, 2.05) is 24.3 Å². The molecule has 2 aromatic rings. The molecule has 0 saturated carbocycles. The highest BCUT2D eigenvalue weighted by molar-refractivity contribution is 6.17. The first-order chi connectivity index (χ1) is 9.60. The summed E-state index contributed by atoms with van der Waals surface area (Å²) in [6.07, 6.45) is 0. The minimum Gasteiger partial charge on any atom is -0.508 e. The SMILES string of the molecule is O=C(NCc1ccc(CCl)cc1)c1ccc(O)cc1F. The second-order valence-electron chi connectivity index (χ2n) is 4.30. The van der Waals surface area contributed by atoms with Gasteiger partial charge in [-0.2, -0.15) is 0 Å². The summed E-state index contributed by atoms with van der Waals surface area (Å²) in [4.78, 5) is 11.8. The first kappa shape index (κ1) is 14.3. The Morgan fingerprint density at radius 3 is 2.40 bits per heavy atom. The number of amides is 1. The summed E-state index contributed by atoms with van der Waals surface area (Å²) in [7, 11) is 0. The van der Waals surface area contributed by atoms with E-state index in [9.17, 15) is 9.18 Å². The number of halogens is 2. The molecule has 104 valence electrons. The topological polar surface area (TPSA) is 49.3 Å². The molecule has 2 aromatic carbocycles. The molecule has 0 aliphatic carbocycles. The maximum atomic E-state index is 13.5. The van der Waals surface area contributed by atoms with Crippen LogP contribution in [0.25, 0.3) is 0 Å². The Bertz CT molecular complexity index is 614. The number of alkyl halides is 1. The van der Waals surface area contributed by atoms with Crippen LogP contribution in [0.15, 0.2) is 42.5 Å². The van der Waals surface area contributed by atoms with E-state index in [-0.39, 0.29) is 11.3 Å². The highest BCUT2D eigenvalue weighted by Crippen LogP contribution is 2.15. The molecule has 20 heavy (non-hydrogen) atoms. The van der Waals surface area contributed by atoms with Gasteiger partial charge in [0.05, 0.1) is 5.56 Å². The second kappa shape index (κ2) is 6.39. The van der Waals surface area contributed by atoms with E-state index in [0.29, 0.717) is 12.4 Å². The van der Waals surface area contributed by atoms with Crippen LogP contribution >= 0.6 is 11.6 Å². The van der Waals surface area contributed by atoms with Gasteiger partial charge in [-0.3, -0.25) is 4.79 Å². The van der Waals surface area contributed by atoms with Crippen molar-refractivity contribution in [2.24, 2.45) is 0 Å². The van der Waals surface area contributed by atoms with Gasteiger partial charge in [-0.25, -0.2) is 4.39 Å². The molecule has 0 aliphatic rings. The van der Waals surface area contributed by atoms with Gasteiger partial charge in [0.2, 0.25) is 0 Å². The van der Waals surface area contributed by atoms with Crippen molar-refractivity contribution in [1.29, 1.82) is 0 Å². The minimum atomic E-state index is -0.750. The molecule has 0 unspecified atom stereocenters. The van der Waals surface area contributed by atoms with Gasteiger partial charge in [0, 0.05) is 18.5 Å². The van der Waals surface area contributed by atoms with E-state index in [1.165, 1.54) is 12.1 Å². The molecule has 0 atom stereocenters. The predicted molar refractivity (Wildman–Crippen MR) is 75.2 cm³/mol. The number of benzene rings is 2. The summed E-state index contributed by atoms with van der Waals surface area (Å²) in [6, 6.07) is 10.9. The van der Waals surface area contributed by atoms with Gasteiger partial charge in [-0.05, 0) is 23.3 Å². The van der Waals surface area contributed by atoms with Gasteiger partial charge in [-0.1, -0.05) is 24.3 Å². The fraction of sp³-hybridized carbons (Fsp3) is 0.133. The van der Waals surface area contributed by atoms with E-state index < -0.39 is 11.7 Å². The zero-order valence-electron chi connectivity index (χ0n) is 10.6. The predicted octanol–water partition coefficient (Wildman–Crippen LogP) is 3.20. The van der Waals surface area contributed by atoms with E-state index in [0.717, 1.165) is 17.2 Å². The van der Waals surface area contributed by atoms with Crippen molar-refractivity contribution in [2.45, 2.75) is 12.4 Å². The lowest BCUT2D eigenvalue weighted by molar-refractivity contribution is 0.0947. The fourth-order valence-electron chi connectivity index (χ4n) is 1.71. The molecule has 3 nitrogen and oxygen atoms in total. The molecule has 0 radical (unpaired) electrons. The molecule has 0 bridgehead atoms. The molecule has 0 aromatic heterocycles. The molecule has 0 saturated heterocycles. The molecule has 5 heteroatoms. The highest BCUT2D eigenvalue weighted by atomic mass is 35.5. The Kier molecular flexibility index (Phi) is 4.58. The Hall–Kier alpha value is -2.07. The van der Waals surface area contributed by atoms with E-state index in [4.69, 9.17) is 16.7 Å². The van der Waals surface area contributed by atoms with Gasteiger partial charge in [-0.15, -0.1) is 11.6 Å². The van der Waals surface area contributed by atoms with Gasteiger partial charge in [0.25, 0.3) is 5.91 Å². The minimum absolute atomic E-state index is 0.0971. The largest absolute Gasteiger partial charge is 0.508 e. The van der Waals surface area contributed by atoms with Crippen molar-refractivity contribution in [2.75, 3.05) is 0 Å². The first-order valence-electron chi connectivity index (χ1n) is 6.00. The molecular formula is C15H13ClFNO2. The molecule has 0 aliphatic heterocycles. The summed E-state index contributed by atoms with van der Waals surface area (Å²) < 4.78 is 13.5. The van der Waals surface area contributed by atoms with Gasteiger partial charge >= 0.3 is 0 Å². The van der Waals surface area contributed by atoms with Gasteiger partial charge in [0.1, 0.15) is 11.6 Å². The number of rotatable bonds is 4. The third-order valence-electron chi connectivity index (χ3n) is 2.83. The maximum Gasteiger partial charge on any atom is 0.254 e. The van der Waals surface area contributed by atoms with Crippen molar-refractivity contribution in [1.82, 2.24) is 5.32 Å². The Balaban J connectivity index is 2.00. The lowest BCUT2D eigenvalue weighted by atomic mass is 10.1. The number of hydrogen-bond acceptors (Lipinski definition) is 2. The Morgan fingerprint density at radius 1 is 1.15 bits per heavy atom. The van der Waals surface area contributed by atoms with Crippen LogP contribution in [0.5, 0.6) is 5.75 Å². The molecule has 0 fully saturated rings. The standard InChI is InChI=1S/C15H13ClFNO2/c16-8-10-1-3-11(4-2-10)9-18-15(20)13-6-5-12(19)7-14(13)17/h1-7,19H,8-9H2,(H,18,20). The molecule has 1 amide bonds. The van der Waals surface area contributed by atoms with Crippen molar-refractivity contribution in [3.05, 3.63) is 65.0 Å². The molecule has 2 N–H and O–H groups in total. The third-order valence-corrected chi connectivity index (χ3v) is 3.14. The van der Waals surface area contributed by atoms with E-state index >= 15 is 0 Å². The van der Waals surface area contributed by atoms with Crippen LogP contribution in [0.4, 0.5) is 4.39 Å². The highest BCUT2D eigenvalue weighted by Gasteiger charge is 2.11. The number of phenolic OH excluding ortho intramolecular Hbond substituents is 1. The van der Waals surface area contributed by atoms with Crippen molar-refractivity contribution in [3.8, 4) is 5.75 Å². The number of aromatic hydroxyl groups is 1. The average Bonchev–Trinajstić information content (AvgIpc) is 2.45. The Morgan fingerprint density at radius 2 is 1.80 bits per heavy atom. The van der Waals surface area contributed by atoms with E-state index in [2.05, 4.69) is 5.32 Å². The summed E-state index contributed by atoms with van der Waals surface area (Å²) in [6.45, 7) is 0.293. The third kappa shape index (κ3) is 3.48. The van der Waals surface area contributed by atoms with Crippen LogP contribution < -0.4 is 5.32 Å². The summed E-state index contributed by atoms with van der Waals surface area (Å²) in [5.41, 5.74) is 1.79. The summed E-state index contributed by atoms with van der Waals surface area (Å²) >= 11 is 5.69. The average molecular weight is 294 g/mol. The zero-order valence-corrected chi connectivity index (χ0v) is 11.3. The lowest BCUT2D eigenvalue weighted by Gasteiger charge is -2.07. The fourth-order valence-corrected chi connectivity index (χ4v) is 1.89. The van der Waals surface area contributed by atoms with Crippen LogP contribution in [-0.2, 0) is 12.4 Å². The first-order valence-corrected chi connectivity index (χ1v) is 6.54. The van der Waals surface area contributed by atoms with Crippen molar-refractivity contribution >= 4 is 17.5 Å².